The monoisotopic (exact) mass is 438 g/mol. The molecule has 4 rings (SSSR count). The lowest BCUT2D eigenvalue weighted by atomic mass is 10.1. The molecule has 0 aliphatic heterocycles. The second kappa shape index (κ2) is 7.48. The quantitative estimate of drug-likeness (QED) is 0.245. The molecular formula is C22H15BrO5. The number of ether oxygens (including phenoxy) is 2. The zero-order chi connectivity index (χ0) is 19.7. The summed E-state index contributed by atoms with van der Waals surface area (Å²) in [6.45, 7) is 2.37. The molecule has 0 unspecified atom stereocenters. The van der Waals surface area contributed by atoms with Crippen molar-refractivity contribution in [2.45, 2.75) is 6.92 Å². The summed E-state index contributed by atoms with van der Waals surface area (Å²) in [5.74, 6) is 0.143. The first-order valence-electron chi connectivity index (χ1n) is 8.67. The minimum absolute atomic E-state index is 0.170. The molecule has 5 nitrogen and oxygen atoms in total. The normalized spacial score (nSPS) is 10.9. The average Bonchev–Trinajstić information content (AvgIpc) is 2.70. The van der Waals surface area contributed by atoms with Crippen LogP contribution >= 0.6 is 15.9 Å². The number of halogens is 1. The van der Waals surface area contributed by atoms with Crippen LogP contribution in [0.15, 0.2) is 74.3 Å². The Labute approximate surface area is 168 Å². The zero-order valence-electron chi connectivity index (χ0n) is 14.9. The summed E-state index contributed by atoms with van der Waals surface area (Å²) in [5.41, 5.74) is -0.584. The number of rotatable bonds is 4. The van der Waals surface area contributed by atoms with Gasteiger partial charge in [-0.25, -0.2) is 9.59 Å². The minimum Gasteiger partial charge on any atom is -0.494 e. The Kier molecular flexibility index (Phi) is 4.88. The van der Waals surface area contributed by atoms with Crippen molar-refractivity contribution in [2.24, 2.45) is 0 Å². The molecule has 0 aliphatic carbocycles. The molecule has 140 valence electrons. The van der Waals surface area contributed by atoms with Crippen LogP contribution < -0.4 is 15.1 Å². The van der Waals surface area contributed by atoms with Gasteiger partial charge in [0.2, 0.25) is 0 Å². The van der Waals surface area contributed by atoms with Gasteiger partial charge in [-0.1, -0.05) is 30.3 Å². The van der Waals surface area contributed by atoms with Gasteiger partial charge in [0.1, 0.15) is 22.6 Å². The fourth-order valence-corrected chi connectivity index (χ4v) is 3.51. The first-order chi connectivity index (χ1) is 13.6. The number of carbonyl (C=O) groups excluding carboxylic acids is 1. The number of carbonyl (C=O) groups is 1. The van der Waals surface area contributed by atoms with E-state index in [0.29, 0.717) is 33.5 Å². The van der Waals surface area contributed by atoms with Gasteiger partial charge in [-0.15, -0.1) is 0 Å². The maximum Gasteiger partial charge on any atom is 0.351 e. The Hall–Kier alpha value is -3.12. The Balaban J connectivity index is 1.69. The van der Waals surface area contributed by atoms with Crippen LogP contribution in [0.25, 0.3) is 21.7 Å². The van der Waals surface area contributed by atoms with E-state index >= 15 is 0 Å². The number of hydrogen-bond donors (Lipinski definition) is 0. The second-order valence-electron chi connectivity index (χ2n) is 6.07. The molecular weight excluding hydrogens is 424 g/mol. The molecule has 1 aromatic heterocycles. The van der Waals surface area contributed by atoms with Crippen molar-refractivity contribution in [3.8, 4) is 11.5 Å². The summed E-state index contributed by atoms with van der Waals surface area (Å²) in [7, 11) is 0. The second-order valence-corrected chi connectivity index (χ2v) is 6.86. The van der Waals surface area contributed by atoms with Gasteiger partial charge < -0.3 is 13.9 Å². The smallest absolute Gasteiger partial charge is 0.351 e. The number of esters is 1. The maximum atomic E-state index is 12.6. The summed E-state index contributed by atoms with van der Waals surface area (Å²) < 4.78 is 16.8. The average molecular weight is 439 g/mol. The van der Waals surface area contributed by atoms with E-state index in [-0.39, 0.29) is 5.56 Å². The summed E-state index contributed by atoms with van der Waals surface area (Å²) in [4.78, 5) is 24.9. The first kappa shape index (κ1) is 18.3. The molecule has 0 spiro atoms. The van der Waals surface area contributed by atoms with E-state index in [1.807, 2.05) is 37.3 Å². The molecule has 0 amide bonds. The molecule has 6 heteroatoms. The van der Waals surface area contributed by atoms with Crippen molar-refractivity contribution in [2.75, 3.05) is 6.61 Å². The van der Waals surface area contributed by atoms with Crippen LogP contribution in [0, 0.1) is 0 Å². The Morgan fingerprint density at radius 3 is 2.64 bits per heavy atom. The van der Waals surface area contributed by atoms with Crippen LogP contribution in [0.3, 0.4) is 0 Å². The van der Waals surface area contributed by atoms with Crippen molar-refractivity contribution < 1.29 is 18.7 Å². The highest BCUT2D eigenvalue weighted by Crippen LogP contribution is 2.33. The van der Waals surface area contributed by atoms with Gasteiger partial charge in [-0.2, -0.15) is 0 Å². The first-order valence-corrected chi connectivity index (χ1v) is 9.46. The molecule has 0 aliphatic rings. The van der Waals surface area contributed by atoms with Crippen LogP contribution in [-0.2, 0) is 0 Å². The third-order valence-electron chi connectivity index (χ3n) is 4.27. The molecule has 28 heavy (non-hydrogen) atoms. The number of hydrogen-bond acceptors (Lipinski definition) is 5. The van der Waals surface area contributed by atoms with Gasteiger partial charge in [0.05, 0.1) is 11.1 Å². The molecule has 0 N–H and O–H groups in total. The van der Waals surface area contributed by atoms with E-state index in [9.17, 15) is 9.59 Å². The van der Waals surface area contributed by atoms with Crippen molar-refractivity contribution >= 4 is 43.6 Å². The predicted octanol–water partition coefficient (Wildman–Crippen LogP) is 5.33. The topological polar surface area (TPSA) is 65.7 Å². The highest BCUT2D eigenvalue weighted by Gasteiger charge is 2.18. The molecule has 3 aromatic carbocycles. The van der Waals surface area contributed by atoms with Crippen molar-refractivity contribution in [3.05, 3.63) is 81.1 Å². The van der Waals surface area contributed by atoms with Crippen LogP contribution in [-0.4, -0.2) is 12.6 Å². The molecule has 1 heterocycles. The highest BCUT2D eigenvalue weighted by atomic mass is 79.9. The van der Waals surface area contributed by atoms with Crippen molar-refractivity contribution in [3.63, 3.8) is 0 Å². The van der Waals surface area contributed by atoms with E-state index in [1.54, 1.807) is 24.3 Å². The van der Waals surface area contributed by atoms with E-state index < -0.39 is 11.6 Å². The van der Waals surface area contributed by atoms with E-state index in [2.05, 4.69) is 15.9 Å². The summed E-state index contributed by atoms with van der Waals surface area (Å²) in [6.07, 6.45) is 0. The van der Waals surface area contributed by atoms with Gasteiger partial charge in [-0.3, -0.25) is 0 Å². The summed E-state index contributed by atoms with van der Waals surface area (Å²) in [6, 6.07) is 17.8. The van der Waals surface area contributed by atoms with Gasteiger partial charge in [-0.05, 0) is 57.9 Å². The lowest BCUT2D eigenvalue weighted by Gasteiger charge is -2.09. The van der Waals surface area contributed by atoms with Crippen LogP contribution in [0.5, 0.6) is 11.5 Å². The lowest BCUT2D eigenvalue weighted by Crippen LogP contribution is -2.18. The van der Waals surface area contributed by atoms with Crippen LogP contribution in [0.4, 0.5) is 0 Å². The molecule has 0 radical (unpaired) electrons. The Bertz CT molecular complexity index is 1260. The van der Waals surface area contributed by atoms with Gasteiger partial charge in [0, 0.05) is 11.5 Å². The van der Waals surface area contributed by atoms with E-state index in [0.717, 1.165) is 10.8 Å². The van der Waals surface area contributed by atoms with E-state index in [4.69, 9.17) is 13.9 Å². The van der Waals surface area contributed by atoms with Gasteiger partial charge in [0.25, 0.3) is 0 Å². The van der Waals surface area contributed by atoms with Gasteiger partial charge in [0.15, 0.2) is 0 Å². The minimum atomic E-state index is -0.777. The van der Waals surface area contributed by atoms with E-state index in [1.165, 1.54) is 6.07 Å². The fourth-order valence-electron chi connectivity index (χ4n) is 2.94. The van der Waals surface area contributed by atoms with Gasteiger partial charge >= 0.3 is 11.6 Å². The summed E-state index contributed by atoms with van der Waals surface area (Å²) in [5, 5.41) is 2.51. The summed E-state index contributed by atoms with van der Waals surface area (Å²) >= 11 is 3.47. The molecule has 0 saturated carbocycles. The van der Waals surface area contributed by atoms with Crippen molar-refractivity contribution in [1.82, 2.24) is 0 Å². The van der Waals surface area contributed by atoms with Crippen LogP contribution in [0.1, 0.15) is 17.3 Å². The lowest BCUT2D eigenvalue weighted by molar-refractivity contribution is 0.0729. The number of benzene rings is 3. The predicted molar refractivity (Wildman–Crippen MR) is 110 cm³/mol. The zero-order valence-corrected chi connectivity index (χ0v) is 16.5. The SMILES string of the molecule is CCOc1ccc2cc(C(=O)Oc3ccc4ccccc4c3Br)c(=O)oc2c1. The molecule has 0 fully saturated rings. The Morgan fingerprint density at radius 2 is 1.82 bits per heavy atom. The fraction of sp³-hybridized carbons (Fsp3) is 0.0909. The Morgan fingerprint density at radius 1 is 1.04 bits per heavy atom. The third kappa shape index (κ3) is 3.39. The molecule has 0 atom stereocenters. The van der Waals surface area contributed by atoms with Crippen molar-refractivity contribution in [1.29, 1.82) is 0 Å². The molecule has 0 bridgehead atoms. The van der Waals surface area contributed by atoms with Crippen LogP contribution in [0.2, 0.25) is 0 Å². The maximum absolute atomic E-state index is 12.6. The largest absolute Gasteiger partial charge is 0.494 e. The standard InChI is InChI=1S/C22H15BrO5/c1-2-26-15-9-7-14-11-17(22(25)28-19(14)12-15)21(24)27-18-10-8-13-5-3-4-6-16(13)20(18)23/h3-12H,2H2,1H3. The molecule has 0 saturated heterocycles. The third-order valence-corrected chi connectivity index (χ3v) is 5.09. The number of fused-ring (bicyclic) bond motifs is 2. The highest BCUT2D eigenvalue weighted by molar-refractivity contribution is 9.10. The molecule has 4 aromatic rings.